The van der Waals surface area contributed by atoms with Gasteiger partial charge in [-0.05, 0) is 12.8 Å². The molecule has 15 heavy (non-hydrogen) atoms. The van der Waals surface area contributed by atoms with Crippen molar-refractivity contribution in [3.05, 3.63) is 0 Å². The van der Waals surface area contributed by atoms with E-state index in [1.165, 1.54) is 0 Å². The van der Waals surface area contributed by atoms with Crippen molar-refractivity contribution in [1.82, 2.24) is 0 Å². The van der Waals surface area contributed by atoms with E-state index in [-0.39, 0.29) is 61.5 Å². The second kappa shape index (κ2) is 6.40. The maximum absolute atomic E-state index is 11.4. The molecule has 1 fully saturated rings. The van der Waals surface area contributed by atoms with E-state index in [2.05, 4.69) is 0 Å². The molecule has 0 spiro atoms. The topological polar surface area (TPSA) is 60.4 Å². The van der Waals surface area contributed by atoms with Gasteiger partial charge in [-0.2, -0.15) is 0 Å². The molecule has 0 bridgehead atoms. The van der Waals surface area contributed by atoms with Crippen LogP contribution >= 0.6 is 0 Å². The number of carbonyl (C=O) groups excluding carboxylic acids is 3. The van der Waals surface area contributed by atoms with Crippen molar-refractivity contribution in [3.63, 3.8) is 0 Å². The van der Waals surface area contributed by atoms with Crippen LogP contribution < -0.4 is 29.6 Å². The van der Waals surface area contributed by atoms with Crippen molar-refractivity contribution in [1.29, 1.82) is 0 Å². The van der Waals surface area contributed by atoms with Gasteiger partial charge in [-0.25, -0.2) is 0 Å². The number of esters is 1. The summed E-state index contributed by atoms with van der Waals surface area (Å²) in [6, 6.07) is 0. The van der Waals surface area contributed by atoms with Gasteiger partial charge in [0.25, 0.3) is 0 Å². The van der Waals surface area contributed by atoms with Crippen LogP contribution in [0.25, 0.3) is 0 Å². The first-order valence-corrected chi connectivity index (χ1v) is 4.77. The van der Waals surface area contributed by atoms with Crippen molar-refractivity contribution < 1.29 is 50.1 Å². The zero-order valence-electron chi connectivity index (χ0n) is 10.4. The van der Waals surface area contributed by atoms with Crippen LogP contribution in [0.5, 0.6) is 0 Å². The molecular formula is C10H15NaO4. The monoisotopic (exact) mass is 222 g/mol. The second-order valence-corrected chi connectivity index (χ2v) is 3.59. The molecule has 1 aliphatic carbocycles. The number of hydrogen-bond acceptors (Lipinski definition) is 4. The summed E-state index contributed by atoms with van der Waals surface area (Å²) in [5, 5.41) is 0. The van der Waals surface area contributed by atoms with Crippen molar-refractivity contribution >= 4 is 17.5 Å². The van der Waals surface area contributed by atoms with E-state index < -0.39 is 11.9 Å². The molecule has 1 saturated carbocycles. The van der Waals surface area contributed by atoms with Gasteiger partial charge in [-0.1, -0.05) is 6.92 Å². The molecule has 0 saturated heterocycles. The third kappa shape index (κ3) is 3.70. The van der Waals surface area contributed by atoms with Gasteiger partial charge in [0.1, 0.15) is 11.7 Å². The molecule has 5 heteroatoms. The Hall–Kier alpha value is -0.190. The van der Waals surface area contributed by atoms with Crippen LogP contribution in [0.1, 0.15) is 28.1 Å². The van der Waals surface area contributed by atoms with Crippen molar-refractivity contribution in [2.24, 2.45) is 11.8 Å². The summed E-state index contributed by atoms with van der Waals surface area (Å²) in [6.45, 7) is 3.70. The zero-order chi connectivity index (χ0) is 10.7. The van der Waals surface area contributed by atoms with Crippen LogP contribution in [-0.2, 0) is 19.1 Å². The predicted octanol–water partition coefficient (Wildman–Crippen LogP) is -2.15. The molecule has 2 unspecified atom stereocenters. The number of ketones is 2. The van der Waals surface area contributed by atoms with Gasteiger partial charge in [0.15, 0.2) is 5.78 Å². The number of hydrogen-bond donors (Lipinski definition) is 0. The van der Waals surface area contributed by atoms with Gasteiger partial charge < -0.3 is 6.16 Å². The van der Waals surface area contributed by atoms with E-state index in [1.807, 2.05) is 0 Å². The maximum Gasteiger partial charge on any atom is 1.00 e. The first kappa shape index (κ1) is 14.8. The van der Waals surface area contributed by atoms with Gasteiger partial charge in [0.05, 0.1) is 13.0 Å². The summed E-state index contributed by atoms with van der Waals surface area (Å²) in [6.07, 6.45) is 0.184. The van der Waals surface area contributed by atoms with Crippen LogP contribution in [0.2, 0.25) is 0 Å². The fourth-order valence-electron chi connectivity index (χ4n) is 1.77. The van der Waals surface area contributed by atoms with E-state index in [0.29, 0.717) is 6.42 Å². The first-order valence-electron chi connectivity index (χ1n) is 4.77. The summed E-state index contributed by atoms with van der Waals surface area (Å²) >= 11 is 0. The number of rotatable bonds is 2. The zero-order valence-corrected chi connectivity index (χ0v) is 11.4. The molecule has 0 aliphatic heterocycles. The largest absolute Gasteiger partial charge is 1.00 e. The molecule has 2 atom stereocenters. The fraction of sp³-hybridized carbons (Fsp3) is 0.700. The third-order valence-corrected chi connectivity index (χ3v) is 2.38. The Morgan fingerprint density at radius 3 is 2.60 bits per heavy atom. The van der Waals surface area contributed by atoms with Crippen LogP contribution in [0, 0.1) is 11.8 Å². The molecule has 0 aromatic rings. The average Bonchev–Trinajstić information content (AvgIpc) is 2.01. The van der Waals surface area contributed by atoms with Crippen LogP contribution in [0.3, 0.4) is 0 Å². The maximum atomic E-state index is 11.4. The Balaban J connectivity index is 0. The quantitative estimate of drug-likeness (QED) is 0.304. The Kier molecular flexibility index (Phi) is 6.32. The second-order valence-electron chi connectivity index (χ2n) is 3.59. The Morgan fingerprint density at radius 2 is 2.13 bits per heavy atom. The van der Waals surface area contributed by atoms with Crippen molar-refractivity contribution in [3.8, 4) is 0 Å². The molecule has 0 aromatic heterocycles. The Bertz CT molecular complexity index is 280. The van der Waals surface area contributed by atoms with Gasteiger partial charge in [-0.3, -0.25) is 14.4 Å². The number of ether oxygens (including phenoxy) is 1. The smallest absolute Gasteiger partial charge is 1.00 e. The molecule has 4 nitrogen and oxygen atoms in total. The molecule has 0 N–H and O–H groups in total. The van der Waals surface area contributed by atoms with Crippen LogP contribution in [-0.4, -0.2) is 24.1 Å². The molecule has 80 valence electrons. The third-order valence-electron chi connectivity index (χ3n) is 2.38. The predicted molar refractivity (Wildman–Crippen MR) is 49.6 cm³/mol. The summed E-state index contributed by atoms with van der Waals surface area (Å²) in [7, 11) is 0. The minimum atomic E-state index is -0.729. The molecular weight excluding hydrogens is 207 g/mol. The van der Waals surface area contributed by atoms with Gasteiger partial charge in [0.2, 0.25) is 0 Å². The minimum Gasteiger partial charge on any atom is -1.00 e. The SMILES string of the molecule is CCOC(=O)C1C(=O)CC(=O)CC1C.[H-].[Na+]. The van der Waals surface area contributed by atoms with E-state index >= 15 is 0 Å². The van der Waals surface area contributed by atoms with Gasteiger partial charge in [0, 0.05) is 6.42 Å². The molecule has 0 heterocycles. The fourth-order valence-corrected chi connectivity index (χ4v) is 1.77. The summed E-state index contributed by atoms with van der Waals surface area (Å²) in [5.74, 6) is -1.82. The molecule has 1 rings (SSSR count). The molecule has 1 aliphatic rings. The van der Waals surface area contributed by atoms with Crippen molar-refractivity contribution in [2.75, 3.05) is 6.61 Å². The summed E-state index contributed by atoms with van der Waals surface area (Å²) in [4.78, 5) is 33.8. The molecule has 0 amide bonds. The van der Waals surface area contributed by atoms with E-state index in [9.17, 15) is 14.4 Å². The molecule has 0 radical (unpaired) electrons. The standard InChI is InChI=1S/C10H14O4.Na.H/c1-3-14-10(13)9-6(2)4-7(11)5-8(9)12;;/h6,9H,3-5H2,1-2H3;;/q;+1;-1. The number of Topliss-reactive ketones (excluding diaryl/α,β-unsaturated/α-hetero) is 2. The Morgan fingerprint density at radius 1 is 1.53 bits per heavy atom. The summed E-state index contributed by atoms with van der Waals surface area (Å²) in [5.41, 5.74) is 0. The first-order chi connectivity index (χ1) is 6.56. The normalized spacial score (nSPS) is 25.7. The summed E-state index contributed by atoms with van der Waals surface area (Å²) < 4.78 is 4.79. The minimum absolute atomic E-state index is 0. The van der Waals surface area contributed by atoms with Crippen molar-refractivity contribution in [2.45, 2.75) is 26.7 Å². The van der Waals surface area contributed by atoms with Crippen LogP contribution in [0.15, 0.2) is 0 Å². The van der Waals surface area contributed by atoms with E-state index in [1.54, 1.807) is 13.8 Å². The number of carbonyl (C=O) groups is 3. The van der Waals surface area contributed by atoms with Gasteiger partial charge >= 0.3 is 35.5 Å². The average molecular weight is 222 g/mol. The van der Waals surface area contributed by atoms with E-state index in [0.717, 1.165) is 0 Å². The van der Waals surface area contributed by atoms with Gasteiger partial charge in [-0.15, -0.1) is 0 Å². The Labute approximate surface area is 113 Å². The molecule has 0 aromatic carbocycles. The van der Waals surface area contributed by atoms with E-state index in [4.69, 9.17) is 4.74 Å². The van der Waals surface area contributed by atoms with Crippen LogP contribution in [0.4, 0.5) is 0 Å².